The van der Waals surface area contributed by atoms with Crippen LogP contribution in [0.4, 0.5) is 4.39 Å². The molecule has 1 aromatic heterocycles. The molecule has 0 aliphatic carbocycles. The molecule has 5 heteroatoms. The molecule has 56 valence electrons. The van der Waals surface area contributed by atoms with Crippen molar-refractivity contribution in [2.45, 2.75) is 0 Å². The lowest BCUT2D eigenvalue weighted by atomic mass is 10.7. The van der Waals surface area contributed by atoms with Crippen molar-refractivity contribution < 1.29 is 9.13 Å². The number of hydrogen-bond acceptors (Lipinski definition) is 2. The van der Waals surface area contributed by atoms with Gasteiger partial charge >= 0.3 is 0 Å². The predicted molar refractivity (Wildman–Crippen MR) is 34.7 cm³/mol. The number of aryl methyl sites for hydroxylation is 1. The van der Waals surface area contributed by atoms with E-state index in [9.17, 15) is 4.39 Å². The van der Waals surface area contributed by atoms with Gasteiger partial charge in [-0.3, -0.25) is 0 Å². The largest absolute Gasteiger partial charge is 0.479 e. The molecule has 0 bridgehead atoms. The van der Waals surface area contributed by atoms with Crippen molar-refractivity contribution >= 4 is 11.6 Å². The van der Waals surface area contributed by atoms with Gasteiger partial charge in [-0.2, -0.15) is 4.39 Å². The predicted octanol–water partition coefficient (Wildman–Crippen LogP) is 1.22. The molecule has 0 amide bonds. The molecule has 0 unspecified atom stereocenters. The fourth-order valence-corrected chi connectivity index (χ4v) is 0.822. The molecule has 0 fully saturated rings. The SMILES string of the molecule is COc1nn(C)c(F)c1Cl. The van der Waals surface area contributed by atoms with Crippen LogP contribution >= 0.6 is 11.6 Å². The fourth-order valence-electron chi connectivity index (χ4n) is 0.585. The molecule has 0 aliphatic rings. The number of aromatic nitrogens is 2. The van der Waals surface area contributed by atoms with Crippen LogP contribution in [0.5, 0.6) is 5.88 Å². The van der Waals surface area contributed by atoms with Gasteiger partial charge in [-0.15, -0.1) is 5.10 Å². The summed E-state index contributed by atoms with van der Waals surface area (Å²) in [6, 6.07) is 0. The van der Waals surface area contributed by atoms with E-state index in [0.717, 1.165) is 4.68 Å². The van der Waals surface area contributed by atoms with Crippen LogP contribution in [0.3, 0.4) is 0 Å². The van der Waals surface area contributed by atoms with E-state index in [1.807, 2.05) is 0 Å². The minimum atomic E-state index is -0.585. The number of methoxy groups -OCH3 is 1. The van der Waals surface area contributed by atoms with Crippen molar-refractivity contribution in [1.29, 1.82) is 0 Å². The van der Waals surface area contributed by atoms with Crippen LogP contribution in [-0.4, -0.2) is 16.9 Å². The molecule has 10 heavy (non-hydrogen) atoms. The molecule has 1 heterocycles. The summed E-state index contributed by atoms with van der Waals surface area (Å²) in [5.74, 6) is -0.472. The van der Waals surface area contributed by atoms with Gasteiger partial charge in [0.25, 0.3) is 5.88 Å². The summed E-state index contributed by atoms with van der Waals surface area (Å²) in [4.78, 5) is 0. The normalized spacial score (nSPS) is 10.0. The Kier molecular flexibility index (Phi) is 1.80. The van der Waals surface area contributed by atoms with Crippen LogP contribution in [0.1, 0.15) is 0 Å². The van der Waals surface area contributed by atoms with E-state index >= 15 is 0 Å². The minimum absolute atomic E-state index is 0.0787. The smallest absolute Gasteiger partial charge is 0.254 e. The van der Waals surface area contributed by atoms with Gasteiger partial charge < -0.3 is 4.74 Å². The van der Waals surface area contributed by atoms with Crippen molar-refractivity contribution in [3.8, 4) is 5.88 Å². The van der Waals surface area contributed by atoms with Gasteiger partial charge in [0.2, 0.25) is 5.95 Å². The molecule has 0 N–H and O–H groups in total. The average Bonchev–Trinajstić information content (AvgIpc) is 2.17. The Morgan fingerprint density at radius 2 is 2.30 bits per heavy atom. The van der Waals surface area contributed by atoms with Gasteiger partial charge in [-0.1, -0.05) is 11.6 Å². The molecule has 0 aromatic carbocycles. The molecule has 0 saturated carbocycles. The van der Waals surface area contributed by atoms with Gasteiger partial charge in [0.05, 0.1) is 7.11 Å². The van der Waals surface area contributed by atoms with E-state index in [0.29, 0.717) is 0 Å². The summed E-state index contributed by atoms with van der Waals surface area (Å²) in [6.07, 6.45) is 0. The summed E-state index contributed by atoms with van der Waals surface area (Å²) in [6.45, 7) is 0. The lowest BCUT2D eigenvalue weighted by Gasteiger charge is -1.88. The second kappa shape index (κ2) is 2.46. The van der Waals surface area contributed by atoms with Crippen LogP contribution in [0.15, 0.2) is 0 Å². The monoisotopic (exact) mass is 164 g/mol. The highest BCUT2D eigenvalue weighted by Gasteiger charge is 2.13. The first-order chi connectivity index (χ1) is 4.66. The number of nitrogens with zero attached hydrogens (tertiary/aromatic N) is 2. The molecule has 0 radical (unpaired) electrons. The molecule has 0 saturated heterocycles. The lowest BCUT2D eigenvalue weighted by Crippen LogP contribution is -1.93. The van der Waals surface area contributed by atoms with Crippen molar-refractivity contribution in [3.05, 3.63) is 11.0 Å². The third-order valence-corrected chi connectivity index (χ3v) is 1.40. The molecule has 1 rings (SSSR count). The minimum Gasteiger partial charge on any atom is -0.479 e. The Labute approximate surface area is 62.4 Å². The molecule has 0 atom stereocenters. The van der Waals surface area contributed by atoms with Gasteiger partial charge in [-0.05, 0) is 0 Å². The first-order valence-electron chi connectivity index (χ1n) is 2.58. The molecule has 0 aliphatic heterocycles. The molecule has 3 nitrogen and oxygen atoms in total. The third-order valence-electron chi connectivity index (χ3n) is 1.09. The second-order valence-electron chi connectivity index (χ2n) is 1.74. The fraction of sp³-hybridized carbons (Fsp3) is 0.400. The first kappa shape index (κ1) is 7.34. The molecule has 0 spiro atoms. The van der Waals surface area contributed by atoms with E-state index in [-0.39, 0.29) is 10.9 Å². The number of ether oxygens (including phenoxy) is 1. The van der Waals surface area contributed by atoms with Gasteiger partial charge in [0.15, 0.2) is 5.02 Å². The lowest BCUT2D eigenvalue weighted by molar-refractivity contribution is 0.391. The van der Waals surface area contributed by atoms with Crippen LogP contribution in [-0.2, 0) is 7.05 Å². The van der Waals surface area contributed by atoms with E-state index in [4.69, 9.17) is 11.6 Å². The van der Waals surface area contributed by atoms with Crippen LogP contribution in [0.2, 0.25) is 5.02 Å². The molecule has 1 aromatic rings. The highest BCUT2D eigenvalue weighted by molar-refractivity contribution is 6.31. The summed E-state index contributed by atoms with van der Waals surface area (Å²) < 4.78 is 18.3. The van der Waals surface area contributed by atoms with Crippen LogP contribution < -0.4 is 4.74 Å². The van der Waals surface area contributed by atoms with Gasteiger partial charge in [-0.25, -0.2) is 4.68 Å². The van der Waals surface area contributed by atoms with E-state index in [1.54, 1.807) is 0 Å². The number of hydrogen-bond donors (Lipinski definition) is 0. The molecular formula is C5H6ClFN2O. The third kappa shape index (κ3) is 0.945. The summed E-state index contributed by atoms with van der Waals surface area (Å²) in [5.41, 5.74) is 0. The zero-order chi connectivity index (χ0) is 7.72. The van der Waals surface area contributed by atoms with Crippen LogP contribution in [0, 0.1) is 5.95 Å². The average molecular weight is 165 g/mol. The van der Waals surface area contributed by atoms with Gasteiger partial charge in [0, 0.05) is 7.05 Å². The summed E-state index contributed by atoms with van der Waals surface area (Å²) >= 11 is 5.43. The van der Waals surface area contributed by atoms with Crippen LogP contribution in [0.25, 0.3) is 0 Å². The summed E-state index contributed by atoms with van der Waals surface area (Å²) in [5, 5.41) is 3.54. The van der Waals surface area contributed by atoms with Crippen molar-refractivity contribution in [3.63, 3.8) is 0 Å². The standard InChI is InChI=1S/C5H6ClFN2O/c1-9-4(7)3(6)5(8-9)10-2/h1-2H3. The first-order valence-corrected chi connectivity index (χ1v) is 2.96. The quantitative estimate of drug-likeness (QED) is 0.624. The Bertz CT molecular complexity index is 248. The maximum Gasteiger partial charge on any atom is 0.254 e. The Balaban J connectivity index is 3.17. The number of rotatable bonds is 1. The van der Waals surface area contributed by atoms with E-state index in [2.05, 4.69) is 9.84 Å². The topological polar surface area (TPSA) is 27.1 Å². The maximum absolute atomic E-state index is 12.6. The Morgan fingerprint density at radius 1 is 1.70 bits per heavy atom. The summed E-state index contributed by atoms with van der Waals surface area (Å²) in [7, 11) is 2.83. The molecular weight excluding hydrogens is 159 g/mol. The zero-order valence-corrected chi connectivity index (χ0v) is 6.31. The second-order valence-corrected chi connectivity index (χ2v) is 2.12. The van der Waals surface area contributed by atoms with E-state index in [1.165, 1.54) is 14.2 Å². The Hall–Kier alpha value is -0.770. The highest BCUT2D eigenvalue weighted by atomic mass is 35.5. The van der Waals surface area contributed by atoms with Crippen molar-refractivity contribution in [2.24, 2.45) is 7.05 Å². The van der Waals surface area contributed by atoms with Crippen molar-refractivity contribution in [1.82, 2.24) is 9.78 Å². The maximum atomic E-state index is 12.6. The zero-order valence-electron chi connectivity index (χ0n) is 5.56. The van der Waals surface area contributed by atoms with Gasteiger partial charge in [0.1, 0.15) is 0 Å². The van der Waals surface area contributed by atoms with Crippen molar-refractivity contribution in [2.75, 3.05) is 7.11 Å². The highest BCUT2D eigenvalue weighted by Crippen LogP contribution is 2.24. The number of halogens is 2. The van der Waals surface area contributed by atoms with E-state index < -0.39 is 5.95 Å². The Morgan fingerprint density at radius 3 is 2.50 bits per heavy atom.